The summed E-state index contributed by atoms with van der Waals surface area (Å²) in [5, 5.41) is 8.56. The van der Waals surface area contributed by atoms with E-state index in [1.54, 1.807) is 18.7 Å². The molecule has 3 N–H and O–H groups in total. The Labute approximate surface area is 89.2 Å². The van der Waals surface area contributed by atoms with Gasteiger partial charge < -0.3 is 15.7 Å². The van der Waals surface area contributed by atoms with Gasteiger partial charge in [0.05, 0.1) is 11.8 Å². The van der Waals surface area contributed by atoms with Gasteiger partial charge in [0.15, 0.2) is 0 Å². The van der Waals surface area contributed by atoms with Gasteiger partial charge in [0.25, 0.3) is 0 Å². The molecule has 0 aromatic heterocycles. The summed E-state index contributed by atoms with van der Waals surface area (Å²) in [4.78, 5) is 23.9. The van der Waals surface area contributed by atoms with Crippen molar-refractivity contribution in [2.75, 3.05) is 19.6 Å². The summed E-state index contributed by atoms with van der Waals surface area (Å²) in [5.41, 5.74) is 4.96. The number of likely N-dealkylation sites (tertiary alicyclic amines) is 1. The first-order chi connectivity index (χ1) is 6.86. The van der Waals surface area contributed by atoms with Gasteiger partial charge in [-0.25, -0.2) is 0 Å². The fourth-order valence-corrected chi connectivity index (χ4v) is 1.63. The van der Waals surface area contributed by atoms with Crippen LogP contribution in [0.5, 0.6) is 0 Å². The topological polar surface area (TPSA) is 83.6 Å². The predicted molar refractivity (Wildman–Crippen MR) is 55.2 cm³/mol. The normalized spacial score (nSPS) is 17.4. The first-order valence-corrected chi connectivity index (χ1v) is 5.08. The van der Waals surface area contributed by atoms with E-state index in [0.29, 0.717) is 19.6 Å². The van der Waals surface area contributed by atoms with Crippen LogP contribution in [0, 0.1) is 11.3 Å². The van der Waals surface area contributed by atoms with E-state index in [1.807, 2.05) is 0 Å². The number of carboxylic acids is 1. The molecule has 1 heterocycles. The van der Waals surface area contributed by atoms with E-state index in [2.05, 4.69) is 0 Å². The lowest BCUT2D eigenvalue weighted by Crippen LogP contribution is -2.55. The van der Waals surface area contributed by atoms with Crippen LogP contribution in [-0.4, -0.2) is 41.5 Å². The summed E-state index contributed by atoms with van der Waals surface area (Å²) in [6, 6.07) is 0. The number of carbonyl (C=O) groups excluding carboxylic acids is 1. The van der Waals surface area contributed by atoms with Crippen LogP contribution in [0.4, 0.5) is 0 Å². The molecule has 0 spiro atoms. The minimum atomic E-state index is -0.801. The number of nitrogens with two attached hydrogens (primary N) is 1. The second kappa shape index (κ2) is 4.18. The fourth-order valence-electron chi connectivity index (χ4n) is 1.63. The lowest BCUT2D eigenvalue weighted by Gasteiger charge is -2.42. The Morgan fingerprint density at radius 2 is 2.00 bits per heavy atom. The van der Waals surface area contributed by atoms with Crippen LogP contribution in [0.1, 0.15) is 20.3 Å². The van der Waals surface area contributed by atoms with Gasteiger partial charge in [-0.2, -0.15) is 0 Å². The van der Waals surface area contributed by atoms with Gasteiger partial charge in [-0.15, -0.1) is 0 Å². The van der Waals surface area contributed by atoms with E-state index in [9.17, 15) is 9.59 Å². The number of carboxylic acid groups (broad SMARTS) is 1. The van der Waals surface area contributed by atoms with Crippen molar-refractivity contribution in [2.24, 2.45) is 17.1 Å². The molecule has 0 aromatic carbocycles. The Morgan fingerprint density at radius 1 is 1.47 bits per heavy atom. The Morgan fingerprint density at radius 3 is 2.40 bits per heavy atom. The van der Waals surface area contributed by atoms with E-state index >= 15 is 0 Å². The zero-order valence-electron chi connectivity index (χ0n) is 9.19. The van der Waals surface area contributed by atoms with Gasteiger partial charge in [-0.1, -0.05) is 0 Å². The molecule has 1 aliphatic heterocycles. The Balaban J connectivity index is 2.39. The van der Waals surface area contributed by atoms with Crippen LogP contribution in [0.15, 0.2) is 0 Å². The van der Waals surface area contributed by atoms with Crippen molar-refractivity contribution in [1.29, 1.82) is 0 Å². The molecule has 1 aliphatic rings. The molecule has 1 fully saturated rings. The molecule has 1 amide bonds. The van der Waals surface area contributed by atoms with E-state index in [1.165, 1.54) is 0 Å². The van der Waals surface area contributed by atoms with E-state index in [0.717, 1.165) is 0 Å². The monoisotopic (exact) mass is 214 g/mol. The highest BCUT2D eigenvalue weighted by Crippen LogP contribution is 2.25. The largest absolute Gasteiger partial charge is 0.481 e. The SMILES string of the molecule is CC(C)(CN)C(=O)N1CC(CC(=O)O)C1. The van der Waals surface area contributed by atoms with Gasteiger partial charge >= 0.3 is 5.97 Å². The van der Waals surface area contributed by atoms with Crippen LogP contribution >= 0.6 is 0 Å². The molecule has 0 aromatic rings. The predicted octanol–water partition coefficient (Wildman–Crippen LogP) is -0.0956. The van der Waals surface area contributed by atoms with E-state index < -0.39 is 11.4 Å². The standard InChI is InChI=1S/C10H18N2O3/c1-10(2,6-11)9(15)12-4-7(5-12)3-8(13)14/h7H,3-6,11H2,1-2H3,(H,13,14). The number of nitrogens with zero attached hydrogens (tertiary/aromatic N) is 1. The molecule has 5 nitrogen and oxygen atoms in total. The third-order valence-electron chi connectivity index (χ3n) is 2.80. The molecular weight excluding hydrogens is 196 g/mol. The highest BCUT2D eigenvalue weighted by Gasteiger charge is 2.38. The van der Waals surface area contributed by atoms with Crippen molar-refractivity contribution < 1.29 is 14.7 Å². The number of rotatable bonds is 4. The zero-order valence-corrected chi connectivity index (χ0v) is 9.19. The van der Waals surface area contributed by atoms with Gasteiger partial charge in [0.1, 0.15) is 0 Å². The average Bonchev–Trinajstić information content (AvgIpc) is 2.09. The second-order valence-electron chi connectivity index (χ2n) is 4.76. The molecule has 5 heteroatoms. The van der Waals surface area contributed by atoms with Crippen molar-refractivity contribution in [2.45, 2.75) is 20.3 Å². The van der Waals surface area contributed by atoms with Crippen LogP contribution < -0.4 is 5.73 Å². The summed E-state index contributed by atoms with van der Waals surface area (Å²) in [6.45, 7) is 5.02. The molecule has 0 atom stereocenters. The number of carbonyl (C=O) groups is 2. The Hall–Kier alpha value is -1.10. The molecule has 15 heavy (non-hydrogen) atoms. The summed E-state index contributed by atoms with van der Waals surface area (Å²) in [7, 11) is 0. The molecule has 1 rings (SSSR count). The van der Waals surface area contributed by atoms with Crippen molar-refractivity contribution in [3.8, 4) is 0 Å². The van der Waals surface area contributed by atoms with Crippen molar-refractivity contribution in [1.82, 2.24) is 4.90 Å². The smallest absolute Gasteiger partial charge is 0.303 e. The van der Waals surface area contributed by atoms with Crippen LogP contribution in [0.3, 0.4) is 0 Å². The molecule has 0 aliphatic carbocycles. The number of amides is 1. The lowest BCUT2D eigenvalue weighted by molar-refractivity contribution is -0.150. The number of aliphatic carboxylic acids is 1. The molecule has 1 saturated heterocycles. The maximum Gasteiger partial charge on any atom is 0.303 e. The molecule has 0 saturated carbocycles. The van der Waals surface area contributed by atoms with Crippen molar-refractivity contribution in [3.05, 3.63) is 0 Å². The molecular formula is C10H18N2O3. The molecule has 0 unspecified atom stereocenters. The first-order valence-electron chi connectivity index (χ1n) is 5.08. The van der Waals surface area contributed by atoms with Gasteiger partial charge in [-0.3, -0.25) is 9.59 Å². The third kappa shape index (κ3) is 2.68. The molecule has 0 radical (unpaired) electrons. The fraction of sp³-hybridized carbons (Fsp3) is 0.800. The van der Waals surface area contributed by atoms with Crippen LogP contribution in [-0.2, 0) is 9.59 Å². The second-order valence-corrected chi connectivity index (χ2v) is 4.76. The number of hydrogen-bond donors (Lipinski definition) is 2. The first kappa shape index (κ1) is 12.0. The molecule has 86 valence electrons. The highest BCUT2D eigenvalue weighted by molar-refractivity contribution is 5.83. The van der Waals surface area contributed by atoms with Crippen LogP contribution in [0.25, 0.3) is 0 Å². The van der Waals surface area contributed by atoms with Gasteiger partial charge in [-0.05, 0) is 13.8 Å². The highest BCUT2D eigenvalue weighted by atomic mass is 16.4. The lowest BCUT2D eigenvalue weighted by atomic mass is 9.87. The van der Waals surface area contributed by atoms with Crippen LogP contribution in [0.2, 0.25) is 0 Å². The Bertz CT molecular complexity index is 270. The average molecular weight is 214 g/mol. The maximum absolute atomic E-state index is 11.8. The minimum absolute atomic E-state index is 0.0200. The van der Waals surface area contributed by atoms with E-state index in [4.69, 9.17) is 10.8 Å². The Kier molecular flexibility index (Phi) is 3.34. The molecule has 0 bridgehead atoms. The van der Waals surface area contributed by atoms with Crippen molar-refractivity contribution in [3.63, 3.8) is 0 Å². The van der Waals surface area contributed by atoms with Gasteiger partial charge in [0, 0.05) is 25.6 Å². The summed E-state index contributed by atoms with van der Waals surface area (Å²) >= 11 is 0. The third-order valence-corrected chi connectivity index (χ3v) is 2.80. The van der Waals surface area contributed by atoms with Gasteiger partial charge in [0.2, 0.25) is 5.91 Å². The van der Waals surface area contributed by atoms with Crippen molar-refractivity contribution >= 4 is 11.9 Å². The number of hydrogen-bond acceptors (Lipinski definition) is 3. The minimum Gasteiger partial charge on any atom is -0.481 e. The summed E-state index contributed by atoms with van der Waals surface area (Å²) < 4.78 is 0. The summed E-state index contributed by atoms with van der Waals surface area (Å²) in [5.74, 6) is -0.670. The maximum atomic E-state index is 11.8. The zero-order chi connectivity index (χ0) is 11.6. The quantitative estimate of drug-likeness (QED) is 0.684. The van der Waals surface area contributed by atoms with E-state index in [-0.39, 0.29) is 18.2 Å². The summed E-state index contributed by atoms with van der Waals surface area (Å²) in [6.07, 6.45) is 0.146.